The molecule has 4 heterocycles. The van der Waals surface area contributed by atoms with Gasteiger partial charge in [0.05, 0.1) is 79.7 Å². The van der Waals surface area contributed by atoms with E-state index in [9.17, 15) is 76.6 Å². The minimum Gasteiger partial charge on any atom is -0.489 e. The zero-order valence-corrected chi connectivity index (χ0v) is 72.2. The summed E-state index contributed by atoms with van der Waals surface area (Å²) in [5.41, 5.74) is 16.7. The highest BCUT2D eigenvalue weighted by atomic mass is 19.4. The van der Waals surface area contributed by atoms with Gasteiger partial charge in [-0.2, -0.15) is 26.3 Å². The lowest BCUT2D eigenvalue weighted by atomic mass is 10.0. The first-order valence-corrected chi connectivity index (χ1v) is 43.9. The van der Waals surface area contributed by atoms with Crippen LogP contribution in [-0.2, 0) is 43.0 Å². The number of hydrogen-bond acceptors (Lipinski definition) is 20. The predicted molar refractivity (Wildman–Crippen MR) is 478 cm³/mol. The van der Waals surface area contributed by atoms with Gasteiger partial charge in [0.15, 0.2) is 12.3 Å². The topological polar surface area (TPSA) is 404 Å². The number of aliphatic hydroxyl groups excluding tert-OH is 1. The van der Waals surface area contributed by atoms with Crippen LogP contribution in [0.2, 0.25) is 0 Å². The van der Waals surface area contributed by atoms with E-state index in [1.807, 2.05) is 97.1 Å². The number of nitrogens with zero attached hydrogens (tertiary/aromatic N) is 7. The van der Waals surface area contributed by atoms with E-state index in [0.717, 1.165) is 102 Å². The maximum atomic E-state index is 14.7. The van der Waals surface area contributed by atoms with Gasteiger partial charge in [-0.15, -0.1) is 13.2 Å². The van der Waals surface area contributed by atoms with E-state index in [0.29, 0.717) is 91.1 Å². The van der Waals surface area contributed by atoms with Gasteiger partial charge in [0.25, 0.3) is 0 Å². The van der Waals surface area contributed by atoms with E-state index in [-0.39, 0.29) is 127 Å². The number of primary amides is 1. The van der Waals surface area contributed by atoms with Gasteiger partial charge in [0.1, 0.15) is 90.5 Å². The molecule has 4 aliphatic carbocycles. The summed E-state index contributed by atoms with van der Waals surface area (Å²) in [5, 5.41) is 67.7. The second-order valence-electron chi connectivity index (χ2n) is 33.5. The number of amides is 7. The number of carbonyl (C=O) groups excluding carboxylic acids is 7. The number of nitriles is 5. The molecule has 4 aliphatic heterocycles. The summed E-state index contributed by atoms with van der Waals surface area (Å²) in [7, 11) is 0. The number of nitrogens with one attached hydrogen (secondary N) is 4. The largest absolute Gasteiger partial charge is 0.573 e. The Balaban J connectivity index is 0.000000143. The predicted octanol–water partition coefficient (Wildman–Crippen LogP) is 16.0. The van der Waals surface area contributed by atoms with E-state index in [1.165, 1.54) is 21.9 Å². The molecule has 7 amide bonds. The Kier molecular flexibility index (Phi) is 31.1. The van der Waals surface area contributed by atoms with Crippen LogP contribution in [0.5, 0.6) is 28.7 Å². The third-order valence-electron chi connectivity index (χ3n) is 23.8. The molecule has 4 saturated carbocycles. The number of benzene rings is 9. The molecule has 8 aliphatic rings. The Bertz CT molecular complexity index is 6010. The van der Waals surface area contributed by atoms with Crippen LogP contribution < -0.4 is 50.7 Å². The first-order valence-electron chi connectivity index (χ1n) is 43.9. The fourth-order valence-electron chi connectivity index (χ4n) is 16.0. The second-order valence-corrected chi connectivity index (χ2v) is 33.5. The number of alkyl halides is 5. The van der Waals surface area contributed by atoms with E-state index in [4.69, 9.17) is 44.5 Å². The van der Waals surface area contributed by atoms with Gasteiger partial charge in [-0.3, -0.25) is 33.6 Å². The van der Waals surface area contributed by atoms with Crippen LogP contribution in [0.3, 0.4) is 0 Å². The standard InChI is InChI=1S/C29H25F3N2O4.C25H25FN4O5.C25H23FN4O3.C22H22N2O3/c30-29(31,32)38-24-7-4-18(5-8-24)25-16-26(25)28(35)34-22-3-1-2-19(15-22)20-6-9-27(21(14-20)17-33)37-23-10-12-36-13-11-23;26-20-12-30(23(32)13-31)7-6-22(20)35-21-5-4-15(8-16(21)11-27)14-2-1-3-17(9-14)29-25(34)19-10-18(19)24(28)33;26-21-15-30(24(31)8-10-27)11-9-23(21)33-22-7-6-18(12-19(22)14-28)17-2-1-3-20(13-17)29-25(32)16-4-5-16;23-14-18-12-17(6-7-21(18)27-20-8-10-26-11-9-20)16-2-1-3-19(13-16)24-22(25)15-4-5-15/h1-9,14-15,23,25-26H,10-13,16H2,(H,34,35);1-5,8-9,18-20,22,31H,6-7,10,12-13H2,(H2,28,33)(H,29,34);1-3,6-7,12-13,16,21,23H,4-5,8-9,11,15H2,(H,29,32);1-3,6-7,12-13,15,20H,4-5,8-11H2,(H,24,25)/t25-,26+;18-,19-,20-,22+;21-,23+;/m111./s1. The number of likely N-dealkylation sites (tertiary alicyclic amines) is 2. The van der Waals surface area contributed by atoms with Crippen molar-refractivity contribution in [2.75, 3.05) is 80.5 Å². The smallest absolute Gasteiger partial charge is 0.489 e. The highest BCUT2D eigenvalue weighted by Crippen LogP contribution is 2.49. The van der Waals surface area contributed by atoms with Crippen molar-refractivity contribution < 1.29 is 93.8 Å². The number of piperidine rings is 2. The van der Waals surface area contributed by atoms with Crippen LogP contribution in [0.25, 0.3) is 44.5 Å². The molecule has 0 spiro atoms. The van der Waals surface area contributed by atoms with Crippen molar-refractivity contribution in [1.82, 2.24) is 9.80 Å². The van der Waals surface area contributed by atoms with Crippen LogP contribution in [0.1, 0.15) is 117 Å². The number of aliphatic hydroxyl groups is 1. The first kappa shape index (κ1) is 94.4. The number of hydrogen-bond donors (Lipinski definition) is 6. The van der Waals surface area contributed by atoms with Crippen molar-refractivity contribution in [3.63, 3.8) is 0 Å². The van der Waals surface area contributed by atoms with Gasteiger partial charge < -0.3 is 75.1 Å². The Morgan fingerprint density at radius 3 is 1.11 bits per heavy atom. The maximum absolute atomic E-state index is 14.7. The summed E-state index contributed by atoms with van der Waals surface area (Å²) in [4.78, 5) is 86.4. The number of halogens is 5. The highest BCUT2D eigenvalue weighted by molar-refractivity contribution is 6.00. The third kappa shape index (κ3) is 25.9. The van der Waals surface area contributed by atoms with Crippen LogP contribution in [0.4, 0.5) is 44.7 Å². The molecule has 0 bridgehead atoms. The van der Waals surface area contributed by atoms with E-state index < -0.39 is 67.1 Å². The fourth-order valence-corrected chi connectivity index (χ4v) is 16.0. The molecule has 27 nitrogen and oxygen atoms in total. The molecule has 7 N–H and O–H groups in total. The van der Waals surface area contributed by atoms with E-state index in [2.05, 4.69) is 50.3 Å². The summed E-state index contributed by atoms with van der Waals surface area (Å²) < 4.78 is 105. The third-order valence-corrected chi connectivity index (χ3v) is 23.8. The van der Waals surface area contributed by atoms with Gasteiger partial charge >= 0.3 is 6.36 Å². The van der Waals surface area contributed by atoms with Crippen molar-refractivity contribution >= 4 is 64.1 Å². The monoisotopic (exact) mass is 1810 g/mol. The molecular weight excluding hydrogens is 1720 g/mol. The highest BCUT2D eigenvalue weighted by Gasteiger charge is 2.48. The van der Waals surface area contributed by atoms with Gasteiger partial charge in [0.2, 0.25) is 41.4 Å². The van der Waals surface area contributed by atoms with Crippen LogP contribution in [0, 0.1) is 86.2 Å². The average Bonchev–Trinajstić information content (AvgIpc) is 1.66. The molecule has 9 aromatic rings. The Morgan fingerprint density at radius 1 is 0.421 bits per heavy atom. The van der Waals surface area contributed by atoms with Gasteiger partial charge in [-0.1, -0.05) is 84.9 Å². The molecule has 4 saturated heterocycles. The number of anilines is 4. The average molecular weight is 1810 g/mol. The fraction of sp³-hybridized carbons (Fsp3) is 0.347. The van der Waals surface area contributed by atoms with Crippen LogP contribution in [-0.4, -0.2) is 159 Å². The molecule has 9 aromatic carbocycles. The van der Waals surface area contributed by atoms with Gasteiger partial charge in [-0.05, 0) is 204 Å². The van der Waals surface area contributed by atoms with Crippen molar-refractivity contribution in [3.05, 3.63) is 222 Å². The molecule has 32 heteroatoms. The molecule has 0 radical (unpaired) electrons. The first-order chi connectivity index (χ1) is 64.3. The lowest BCUT2D eigenvalue weighted by Crippen LogP contribution is -2.50. The Hall–Kier alpha value is -14.8. The zero-order chi connectivity index (χ0) is 93.8. The summed E-state index contributed by atoms with van der Waals surface area (Å²) >= 11 is 0. The molecule has 684 valence electrons. The second kappa shape index (κ2) is 43.8. The molecule has 8 atom stereocenters. The van der Waals surface area contributed by atoms with Crippen LogP contribution >= 0.6 is 0 Å². The number of nitrogens with two attached hydrogens (primary N) is 1. The zero-order valence-electron chi connectivity index (χ0n) is 72.2. The lowest BCUT2D eigenvalue weighted by Gasteiger charge is -2.34. The molecular formula is C101H95F5N12O15. The number of carbonyl (C=O) groups is 7. The lowest BCUT2D eigenvalue weighted by molar-refractivity contribution is -0.274. The Labute approximate surface area is 764 Å². The summed E-state index contributed by atoms with van der Waals surface area (Å²) in [5.74, 6) is -1.20. The Morgan fingerprint density at radius 2 is 0.774 bits per heavy atom. The molecule has 8 fully saturated rings. The van der Waals surface area contributed by atoms with Crippen molar-refractivity contribution in [3.8, 4) is 104 Å². The normalized spacial score (nSPS) is 20.0. The molecule has 133 heavy (non-hydrogen) atoms. The molecule has 0 aromatic heterocycles. The minimum absolute atomic E-state index is 0.0229. The van der Waals surface area contributed by atoms with Crippen LogP contribution in [0.15, 0.2) is 194 Å². The molecule has 17 rings (SSSR count). The maximum Gasteiger partial charge on any atom is 0.573 e. The van der Waals surface area contributed by atoms with E-state index in [1.54, 1.807) is 91.0 Å². The van der Waals surface area contributed by atoms with Crippen molar-refractivity contribution in [2.24, 2.45) is 35.3 Å². The summed E-state index contributed by atoms with van der Waals surface area (Å²) in [6, 6.07) is 66.7. The van der Waals surface area contributed by atoms with Gasteiger partial charge in [0, 0.05) is 92.1 Å². The quantitative estimate of drug-likeness (QED) is 0.0289. The summed E-state index contributed by atoms with van der Waals surface area (Å²) in [6.45, 7) is 2.26. The SMILES string of the molecule is N#CCC(=O)N1CC[C@H](Oc2ccc(-c3cccc(NC(=O)C4CC4)c3)cc2C#N)[C@H](F)C1.N#Cc1cc(-c2cccc(NC(=O)C3CC3)c2)ccc1OC1CCOCC1.N#Cc1cc(-c2cccc(NC(=O)[C@@H]3C[C@H]3C(N)=O)c2)ccc1O[C@H]1CCN(C(=O)CO)C[C@H]1F.N#Cc1cc(-c2cccc(NC(=O)[C@H]3C[C@@H]3c3ccc(OC(F)(F)F)cc3)c2)ccc1OC1CCOCC1. The summed E-state index contributed by atoms with van der Waals surface area (Å²) in [6.07, 6.45) is -0.733. The van der Waals surface area contributed by atoms with E-state index >= 15 is 0 Å². The van der Waals surface area contributed by atoms with Crippen molar-refractivity contribution in [1.29, 1.82) is 26.3 Å². The minimum atomic E-state index is -4.74. The molecule has 0 unspecified atom stereocenters. The number of ether oxygens (including phenoxy) is 7. The number of rotatable bonds is 25. The van der Waals surface area contributed by atoms with Crippen molar-refractivity contribution in [2.45, 2.75) is 133 Å². The van der Waals surface area contributed by atoms with Gasteiger partial charge in [-0.25, -0.2) is 8.78 Å².